The SMILES string of the molecule is CC#CCCN1CCC(C(=O)O)CC1. The lowest BCUT2D eigenvalue weighted by Gasteiger charge is -2.29. The van der Waals surface area contributed by atoms with Crippen molar-refractivity contribution in [3.63, 3.8) is 0 Å². The molecule has 0 spiro atoms. The zero-order valence-electron chi connectivity index (χ0n) is 8.62. The second-order valence-electron chi connectivity index (χ2n) is 3.63. The van der Waals surface area contributed by atoms with E-state index >= 15 is 0 Å². The van der Waals surface area contributed by atoms with Crippen LogP contribution in [0.25, 0.3) is 0 Å². The molecule has 0 saturated carbocycles. The van der Waals surface area contributed by atoms with Crippen LogP contribution < -0.4 is 0 Å². The maximum atomic E-state index is 10.7. The van der Waals surface area contributed by atoms with Gasteiger partial charge in [0.1, 0.15) is 0 Å². The summed E-state index contributed by atoms with van der Waals surface area (Å²) in [5.74, 6) is 5.12. The standard InChI is InChI=1S/C11H17NO2/c1-2-3-4-7-12-8-5-10(6-9-12)11(13)14/h10H,4-9H2,1H3,(H,13,14). The molecule has 0 aromatic heterocycles. The first-order valence-electron chi connectivity index (χ1n) is 5.09. The van der Waals surface area contributed by atoms with Gasteiger partial charge in [0.05, 0.1) is 5.92 Å². The fourth-order valence-corrected chi connectivity index (χ4v) is 1.74. The van der Waals surface area contributed by atoms with E-state index < -0.39 is 5.97 Å². The normalized spacial score (nSPS) is 18.6. The number of hydrogen-bond acceptors (Lipinski definition) is 2. The highest BCUT2D eigenvalue weighted by atomic mass is 16.4. The van der Waals surface area contributed by atoms with Gasteiger partial charge in [-0.05, 0) is 32.9 Å². The third-order valence-corrected chi connectivity index (χ3v) is 2.67. The van der Waals surface area contributed by atoms with Crippen LogP contribution in [-0.2, 0) is 4.79 Å². The van der Waals surface area contributed by atoms with Crippen LogP contribution in [0, 0.1) is 17.8 Å². The second kappa shape index (κ2) is 5.66. The summed E-state index contributed by atoms with van der Waals surface area (Å²) in [6.07, 6.45) is 2.47. The van der Waals surface area contributed by atoms with Crippen molar-refractivity contribution in [1.82, 2.24) is 4.90 Å². The van der Waals surface area contributed by atoms with Crippen LogP contribution >= 0.6 is 0 Å². The fourth-order valence-electron chi connectivity index (χ4n) is 1.74. The first-order chi connectivity index (χ1) is 6.74. The Morgan fingerprint density at radius 2 is 2.14 bits per heavy atom. The molecule has 0 aromatic rings. The van der Waals surface area contributed by atoms with E-state index in [4.69, 9.17) is 5.11 Å². The van der Waals surface area contributed by atoms with Crippen LogP contribution in [0.2, 0.25) is 0 Å². The molecule has 1 heterocycles. The number of likely N-dealkylation sites (tertiary alicyclic amines) is 1. The molecule has 1 fully saturated rings. The zero-order valence-corrected chi connectivity index (χ0v) is 8.62. The molecule has 0 amide bonds. The third-order valence-electron chi connectivity index (χ3n) is 2.67. The summed E-state index contributed by atoms with van der Waals surface area (Å²) >= 11 is 0. The molecule has 0 aromatic carbocycles. The molecule has 3 heteroatoms. The van der Waals surface area contributed by atoms with E-state index in [1.54, 1.807) is 0 Å². The van der Waals surface area contributed by atoms with Crippen LogP contribution in [0.1, 0.15) is 26.2 Å². The maximum Gasteiger partial charge on any atom is 0.306 e. The van der Waals surface area contributed by atoms with Gasteiger partial charge < -0.3 is 10.0 Å². The Hall–Kier alpha value is -1.01. The van der Waals surface area contributed by atoms with Crippen molar-refractivity contribution in [1.29, 1.82) is 0 Å². The molecule has 14 heavy (non-hydrogen) atoms. The van der Waals surface area contributed by atoms with Gasteiger partial charge >= 0.3 is 5.97 Å². The summed E-state index contributed by atoms with van der Waals surface area (Å²) in [5, 5.41) is 8.80. The third kappa shape index (κ3) is 3.39. The minimum atomic E-state index is -0.641. The molecule has 1 rings (SSSR count). The Balaban J connectivity index is 2.21. The molecular weight excluding hydrogens is 178 g/mol. The van der Waals surface area contributed by atoms with Gasteiger partial charge in [-0.15, -0.1) is 11.8 Å². The summed E-state index contributed by atoms with van der Waals surface area (Å²) in [7, 11) is 0. The minimum absolute atomic E-state index is 0.122. The monoisotopic (exact) mass is 195 g/mol. The Labute approximate surface area is 85.1 Å². The molecular formula is C11H17NO2. The van der Waals surface area contributed by atoms with Gasteiger partial charge in [0.15, 0.2) is 0 Å². The van der Waals surface area contributed by atoms with Crippen LogP contribution in [0.15, 0.2) is 0 Å². The first-order valence-corrected chi connectivity index (χ1v) is 5.09. The van der Waals surface area contributed by atoms with Gasteiger partial charge in [0.25, 0.3) is 0 Å². The summed E-state index contributed by atoms with van der Waals surface area (Å²) in [4.78, 5) is 13.0. The Morgan fingerprint density at radius 3 is 2.64 bits per heavy atom. The largest absolute Gasteiger partial charge is 0.481 e. The van der Waals surface area contributed by atoms with Crippen molar-refractivity contribution in [2.24, 2.45) is 5.92 Å². The quantitative estimate of drug-likeness (QED) is 0.688. The number of nitrogens with zero attached hydrogens (tertiary/aromatic N) is 1. The van der Waals surface area contributed by atoms with E-state index in [1.807, 2.05) is 6.92 Å². The number of piperidine rings is 1. The zero-order chi connectivity index (χ0) is 10.4. The highest BCUT2D eigenvalue weighted by molar-refractivity contribution is 5.70. The van der Waals surface area contributed by atoms with Gasteiger partial charge in [-0.25, -0.2) is 0 Å². The molecule has 1 saturated heterocycles. The van der Waals surface area contributed by atoms with Gasteiger partial charge in [0.2, 0.25) is 0 Å². The molecule has 1 N–H and O–H groups in total. The number of carbonyl (C=O) groups is 1. The Kier molecular flexibility index (Phi) is 4.48. The lowest BCUT2D eigenvalue weighted by atomic mass is 9.97. The Bertz CT molecular complexity index is 244. The van der Waals surface area contributed by atoms with Crippen LogP contribution in [-0.4, -0.2) is 35.6 Å². The molecule has 0 radical (unpaired) electrons. The average molecular weight is 195 g/mol. The van der Waals surface area contributed by atoms with Crippen LogP contribution in [0.5, 0.6) is 0 Å². The van der Waals surface area contributed by atoms with Gasteiger partial charge in [-0.2, -0.15) is 0 Å². The number of carboxylic acids is 1. The highest BCUT2D eigenvalue weighted by Gasteiger charge is 2.23. The van der Waals surface area contributed by atoms with E-state index in [1.165, 1.54) is 0 Å². The van der Waals surface area contributed by atoms with E-state index in [0.717, 1.165) is 38.9 Å². The number of hydrogen-bond donors (Lipinski definition) is 1. The molecule has 0 atom stereocenters. The first kappa shape index (κ1) is 11.1. The molecule has 1 aliphatic rings. The lowest BCUT2D eigenvalue weighted by Crippen LogP contribution is -2.36. The molecule has 78 valence electrons. The molecule has 0 aliphatic carbocycles. The molecule has 3 nitrogen and oxygen atoms in total. The summed E-state index contributed by atoms with van der Waals surface area (Å²) < 4.78 is 0. The van der Waals surface area contributed by atoms with Gasteiger partial charge in [-0.1, -0.05) is 0 Å². The summed E-state index contributed by atoms with van der Waals surface area (Å²) in [5.41, 5.74) is 0. The molecule has 0 bridgehead atoms. The van der Waals surface area contributed by atoms with Crippen molar-refractivity contribution >= 4 is 5.97 Å². The van der Waals surface area contributed by atoms with Gasteiger partial charge in [-0.3, -0.25) is 4.79 Å². The van der Waals surface area contributed by atoms with E-state index in [-0.39, 0.29) is 5.92 Å². The molecule has 1 aliphatic heterocycles. The highest BCUT2D eigenvalue weighted by Crippen LogP contribution is 2.16. The van der Waals surface area contributed by atoms with Crippen LogP contribution in [0.3, 0.4) is 0 Å². The molecule has 0 unspecified atom stereocenters. The Morgan fingerprint density at radius 1 is 1.50 bits per heavy atom. The van der Waals surface area contributed by atoms with Crippen molar-refractivity contribution in [2.75, 3.05) is 19.6 Å². The number of carboxylic acid groups (broad SMARTS) is 1. The second-order valence-corrected chi connectivity index (χ2v) is 3.63. The maximum absolute atomic E-state index is 10.7. The predicted octanol–water partition coefficient (Wildman–Crippen LogP) is 1.20. The van der Waals surface area contributed by atoms with Crippen molar-refractivity contribution < 1.29 is 9.90 Å². The lowest BCUT2D eigenvalue weighted by molar-refractivity contribution is -0.143. The van der Waals surface area contributed by atoms with Crippen molar-refractivity contribution in [3.8, 4) is 11.8 Å². The predicted molar refractivity (Wildman–Crippen MR) is 54.9 cm³/mol. The van der Waals surface area contributed by atoms with Crippen LogP contribution in [0.4, 0.5) is 0 Å². The minimum Gasteiger partial charge on any atom is -0.481 e. The summed E-state index contributed by atoms with van der Waals surface area (Å²) in [6, 6.07) is 0. The van der Waals surface area contributed by atoms with Gasteiger partial charge in [0, 0.05) is 13.0 Å². The van der Waals surface area contributed by atoms with E-state index in [0.29, 0.717) is 0 Å². The smallest absolute Gasteiger partial charge is 0.306 e. The average Bonchev–Trinajstić information content (AvgIpc) is 2.19. The van der Waals surface area contributed by atoms with Crippen molar-refractivity contribution in [3.05, 3.63) is 0 Å². The van der Waals surface area contributed by atoms with E-state index in [9.17, 15) is 4.79 Å². The number of rotatable bonds is 3. The van der Waals surface area contributed by atoms with Crippen molar-refractivity contribution in [2.45, 2.75) is 26.2 Å². The fraction of sp³-hybridized carbons (Fsp3) is 0.727. The summed E-state index contributed by atoms with van der Waals surface area (Å²) in [6.45, 7) is 4.63. The number of aliphatic carboxylic acids is 1. The van der Waals surface area contributed by atoms with E-state index in [2.05, 4.69) is 16.7 Å². The topological polar surface area (TPSA) is 40.5 Å².